The van der Waals surface area contributed by atoms with Crippen molar-refractivity contribution in [3.63, 3.8) is 0 Å². The first kappa shape index (κ1) is 18.8. The number of hydrogen-bond donors (Lipinski definition) is 0. The molecule has 0 aliphatic heterocycles. The van der Waals surface area contributed by atoms with E-state index in [-0.39, 0.29) is 11.3 Å². The summed E-state index contributed by atoms with van der Waals surface area (Å²) >= 11 is 7.95. The number of amides is 1. The number of hydrogen-bond acceptors (Lipinski definition) is 4. The van der Waals surface area contributed by atoms with Gasteiger partial charge in [-0.1, -0.05) is 35.1 Å². The number of fused-ring (bicyclic) bond motifs is 1. The van der Waals surface area contributed by atoms with Crippen LogP contribution >= 0.6 is 22.9 Å². The first-order valence-electron chi connectivity index (χ1n) is 10.9. The molecule has 2 aromatic heterocycles. The number of anilines is 1. The lowest BCUT2D eigenvalue weighted by Crippen LogP contribution is -2.54. The maximum Gasteiger partial charge on any atom is 0.235 e. The fraction of sp³-hybridized carbons (Fsp3) is 0.458. The SMILES string of the molecule is O=C(N(Cc1ccccn1)c1nc2c(Cl)cccc2s1)C12CC3CC(CC(C3)C1)C2. The molecule has 4 aliphatic rings. The van der Waals surface area contributed by atoms with Crippen LogP contribution in [0.4, 0.5) is 5.13 Å². The summed E-state index contributed by atoms with van der Waals surface area (Å²) in [6.45, 7) is 0.457. The van der Waals surface area contributed by atoms with Gasteiger partial charge in [0.1, 0.15) is 5.52 Å². The number of carbonyl (C=O) groups excluding carboxylic acids is 1. The molecular weight excluding hydrogens is 414 g/mol. The zero-order valence-electron chi connectivity index (χ0n) is 16.8. The van der Waals surface area contributed by atoms with Crippen LogP contribution in [0.1, 0.15) is 44.2 Å². The number of carbonyl (C=O) groups is 1. The molecular formula is C24H24ClN3OS. The summed E-state index contributed by atoms with van der Waals surface area (Å²) in [6, 6.07) is 11.7. The third-order valence-corrected chi connectivity index (χ3v) is 8.72. The average molecular weight is 438 g/mol. The molecule has 0 spiro atoms. The van der Waals surface area contributed by atoms with Gasteiger partial charge in [-0.2, -0.15) is 0 Å². The molecule has 0 unspecified atom stereocenters. The maximum atomic E-state index is 14.2. The number of thiazole rings is 1. The first-order chi connectivity index (χ1) is 14.6. The first-order valence-corrected chi connectivity index (χ1v) is 12.1. The summed E-state index contributed by atoms with van der Waals surface area (Å²) in [5.74, 6) is 2.42. The Morgan fingerprint density at radius 3 is 2.43 bits per heavy atom. The van der Waals surface area contributed by atoms with Gasteiger partial charge in [0.2, 0.25) is 5.91 Å². The minimum atomic E-state index is -0.217. The zero-order chi connectivity index (χ0) is 20.3. The van der Waals surface area contributed by atoms with Gasteiger partial charge in [0.05, 0.1) is 27.4 Å². The van der Waals surface area contributed by atoms with E-state index in [2.05, 4.69) is 4.98 Å². The van der Waals surface area contributed by atoms with Crippen LogP contribution in [0.25, 0.3) is 10.2 Å². The maximum absolute atomic E-state index is 14.2. The molecule has 1 amide bonds. The van der Waals surface area contributed by atoms with Gasteiger partial charge >= 0.3 is 0 Å². The van der Waals surface area contributed by atoms with Gasteiger partial charge in [-0.15, -0.1) is 0 Å². The van der Waals surface area contributed by atoms with E-state index in [4.69, 9.17) is 16.6 Å². The van der Waals surface area contributed by atoms with Crippen LogP contribution < -0.4 is 4.90 Å². The number of para-hydroxylation sites is 1. The fourth-order valence-electron chi connectivity index (χ4n) is 6.56. The van der Waals surface area contributed by atoms with Gasteiger partial charge < -0.3 is 0 Å². The predicted octanol–water partition coefficient (Wildman–Crippen LogP) is 6.09. The van der Waals surface area contributed by atoms with E-state index in [0.29, 0.717) is 11.6 Å². The van der Waals surface area contributed by atoms with Crippen molar-refractivity contribution in [1.82, 2.24) is 9.97 Å². The molecule has 0 atom stereocenters. The summed E-state index contributed by atoms with van der Waals surface area (Å²) < 4.78 is 1.02. The topological polar surface area (TPSA) is 46.1 Å². The Hall–Kier alpha value is -1.98. The third-order valence-electron chi connectivity index (χ3n) is 7.37. The van der Waals surface area contributed by atoms with Gasteiger partial charge in [0.25, 0.3) is 0 Å². The Morgan fingerprint density at radius 2 is 1.80 bits per heavy atom. The van der Waals surface area contributed by atoms with Crippen LogP contribution in [0.15, 0.2) is 42.6 Å². The van der Waals surface area contributed by atoms with Crippen molar-refractivity contribution in [2.75, 3.05) is 4.90 Å². The average Bonchev–Trinajstić information content (AvgIpc) is 3.17. The van der Waals surface area contributed by atoms with Gasteiger partial charge in [-0.05, 0) is 80.5 Å². The normalized spacial score (nSPS) is 29.4. The smallest absolute Gasteiger partial charge is 0.235 e. The second kappa shape index (κ2) is 7.03. The highest BCUT2D eigenvalue weighted by Crippen LogP contribution is 2.61. The molecule has 154 valence electrons. The Kier molecular flexibility index (Phi) is 4.40. The lowest BCUT2D eigenvalue weighted by Gasteiger charge is -2.56. The summed E-state index contributed by atoms with van der Waals surface area (Å²) in [5, 5.41) is 1.37. The molecule has 7 rings (SSSR count). The highest BCUT2D eigenvalue weighted by molar-refractivity contribution is 7.22. The van der Waals surface area contributed by atoms with E-state index < -0.39 is 0 Å². The number of nitrogens with zero attached hydrogens (tertiary/aromatic N) is 3. The lowest BCUT2D eigenvalue weighted by molar-refractivity contribution is -0.143. The quantitative estimate of drug-likeness (QED) is 0.495. The van der Waals surface area contributed by atoms with Crippen molar-refractivity contribution in [1.29, 1.82) is 0 Å². The van der Waals surface area contributed by atoms with Crippen molar-refractivity contribution in [2.24, 2.45) is 23.2 Å². The van der Waals surface area contributed by atoms with Crippen LogP contribution in [0.5, 0.6) is 0 Å². The Bertz CT molecular complexity index is 1080. The number of benzene rings is 1. The molecule has 4 nitrogen and oxygen atoms in total. The van der Waals surface area contributed by atoms with E-state index in [1.165, 1.54) is 19.3 Å². The highest BCUT2D eigenvalue weighted by atomic mass is 35.5. The van der Waals surface area contributed by atoms with Crippen molar-refractivity contribution in [3.8, 4) is 0 Å². The minimum absolute atomic E-state index is 0.217. The number of pyridine rings is 1. The van der Waals surface area contributed by atoms with Crippen molar-refractivity contribution in [3.05, 3.63) is 53.3 Å². The molecule has 4 aliphatic carbocycles. The summed E-state index contributed by atoms with van der Waals surface area (Å²) in [6.07, 6.45) is 8.89. The monoisotopic (exact) mass is 437 g/mol. The predicted molar refractivity (Wildman–Crippen MR) is 121 cm³/mol. The molecule has 4 bridgehead atoms. The van der Waals surface area contributed by atoms with Crippen molar-refractivity contribution in [2.45, 2.75) is 45.1 Å². The van der Waals surface area contributed by atoms with Crippen LogP contribution in [-0.2, 0) is 11.3 Å². The van der Waals surface area contributed by atoms with E-state index in [9.17, 15) is 4.79 Å². The molecule has 30 heavy (non-hydrogen) atoms. The molecule has 1 aromatic carbocycles. The lowest BCUT2D eigenvalue weighted by atomic mass is 9.49. The van der Waals surface area contributed by atoms with Crippen LogP contribution in [0, 0.1) is 23.2 Å². The second-order valence-corrected chi connectivity index (χ2v) is 10.9. The van der Waals surface area contributed by atoms with Crippen LogP contribution in [-0.4, -0.2) is 15.9 Å². The molecule has 0 N–H and O–H groups in total. The van der Waals surface area contributed by atoms with E-state index in [1.54, 1.807) is 17.5 Å². The van der Waals surface area contributed by atoms with Gasteiger partial charge in [-0.3, -0.25) is 14.7 Å². The van der Waals surface area contributed by atoms with Crippen molar-refractivity contribution < 1.29 is 4.79 Å². The number of aromatic nitrogens is 2. The summed E-state index contributed by atoms with van der Waals surface area (Å²) in [7, 11) is 0. The highest BCUT2D eigenvalue weighted by Gasteiger charge is 2.56. The van der Waals surface area contributed by atoms with Gasteiger partial charge in [-0.25, -0.2) is 4.98 Å². The summed E-state index contributed by atoms with van der Waals surface area (Å²) in [4.78, 5) is 25.4. The van der Waals surface area contributed by atoms with E-state index in [0.717, 1.165) is 58.1 Å². The van der Waals surface area contributed by atoms with Crippen molar-refractivity contribution >= 4 is 44.2 Å². The molecule has 0 saturated heterocycles. The molecule has 2 heterocycles. The molecule has 6 heteroatoms. The minimum Gasteiger partial charge on any atom is -0.282 e. The van der Waals surface area contributed by atoms with Gasteiger partial charge in [0.15, 0.2) is 5.13 Å². The Balaban J connectivity index is 1.42. The zero-order valence-corrected chi connectivity index (χ0v) is 18.3. The second-order valence-electron chi connectivity index (χ2n) is 9.49. The number of rotatable bonds is 4. The molecule has 3 aromatic rings. The van der Waals surface area contributed by atoms with Crippen LogP contribution in [0.2, 0.25) is 5.02 Å². The largest absolute Gasteiger partial charge is 0.282 e. The molecule has 4 fully saturated rings. The van der Waals surface area contributed by atoms with Gasteiger partial charge in [0, 0.05) is 6.20 Å². The Morgan fingerprint density at radius 1 is 1.07 bits per heavy atom. The van der Waals surface area contributed by atoms with Crippen LogP contribution in [0.3, 0.4) is 0 Å². The van der Waals surface area contributed by atoms with E-state index >= 15 is 0 Å². The fourth-order valence-corrected chi connectivity index (χ4v) is 7.82. The third kappa shape index (κ3) is 3.05. The van der Waals surface area contributed by atoms with E-state index in [1.807, 2.05) is 41.3 Å². The number of halogens is 1. The standard InChI is InChI=1S/C24H24ClN3OS/c25-19-5-3-6-20-21(19)27-23(30-20)28(14-18-4-1-2-7-26-18)22(29)24-11-15-8-16(12-24)10-17(9-15)13-24/h1-7,15-17H,8-14H2. The summed E-state index contributed by atoms with van der Waals surface area (Å²) in [5.41, 5.74) is 1.45. The molecule has 0 radical (unpaired) electrons. The molecule has 4 saturated carbocycles. The Labute approximate surface area is 185 Å².